The van der Waals surface area contributed by atoms with E-state index in [-0.39, 0.29) is 0 Å². The molecule has 2 saturated carbocycles. The van der Waals surface area contributed by atoms with Gasteiger partial charge in [-0.05, 0) is 37.0 Å². The van der Waals surface area contributed by atoms with Crippen molar-refractivity contribution in [2.24, 2.45) is 11.3 Å². The summed E-state index contributed by atoms with van der Waals surface area (Å²) < 4.78 is 0. The zero-order valence-corrected chi connectivity index (χ0v) is 7.03. The highest BCUT2D eigenvalue weighted by atomic mass is 14.5. The fourth-order valence-corrected chi connectivity index (χ4v) is 2.32. The van der Waals surface area contributed by atoms with Gasteiger partial charge in [0.2, 0.25) is 0 Å². The van der Waals surface area contributed by atoms with Crippen LogP contribution in [0.3, 0.4) is 0 Å². The normalized spacial score (nSPS) is 37.5. The molecule has 1 unspecified atom stereocenters. The third-order valence-electron chi connectivity index (χ3n) is 3.53. The van der Waals surface area contributed by atoms with Crippen molar-refractivity contribution in [3.63, 3.8) is 0 Å². The Labute approximate surface area is 64.0 Å². The molecule has 2 rings (SSSR count). The van der Waals surface area contributed by atoms with E-state index in [0.717, 1.165) is 11.3 Å². The van der Waals surface area contributed by atoms with Crippen LogP contribution < -0.4 is 0 Å². The second kappa shape index (κ2) is 2.25. The molecule has 0 radical (unpaired) electrons. The summed E-state index contributed by atoms with van der Waals surface area (Å²) in [6, 6.07) is 0. The summed E-state index contributed by atoms with van der Waals surface area (Å²) in [4.78, 5) is 0. The maximum Gasteiger partial charge on any atom is -0.0297 e. The van der Waals surface area contributed by atoms with Crippen LogP contribution >= 0.6 is 0 Å². The molecule has 0 aromatic heterocycles. The smallest absolute Gasteiger partial charge is 0.0297 e. The molecule has 0 aromatic carbocycles. The van der Waals surface area contributed by atoms with E-state index in [1.165, 1.54) is 19.3 Å². The van der Waals surface area contributed by atoms with Gasteiger partial charge >= 0.3 is 0 Å². The van der Waals surface area contributed by atoms with E-state index >= 15 is 0 Å². The monoisotopic (exact) mass is 138 g/mol. The molecule has 10 heavy (non-hydrogen) atoms. The number of hydrogen-bond donors (Lipinski definition) is 0. The van der Waals surface area contributed by atoms with Crippen molar-refractivity contribution in [3.05, 3.63) is 0 Å². The summed E-state index contributed by atoms with van der Waals surface area (Å²) in [5.41, 5.74) is 0.894. The predicted octanol–water partition coefficient (Wildman–Crippen LogP) is 3.37. The SMILES string of the molecule is CC1CCCC2(CC1)CC2. The quantitative estimate of drug-likeness (QED) is 0.481. The van der Waals surface area contributed by atoms with Gasteiger partial charge in [-0.1, -0.05) is 26.2 Å². The van der Waals surface area contributed by atoms with Gasteiger partial charge in [0.25, 0.3) is 0 Å². The molecule has 0 amide bonds. The second-order valence-electron chi connectivity index (χ2n) is 4.54. The van der Waals surface area contributed by atoms with Crippen LogP contribution in [0.1, 0.15) is 51.9 Å². The lowest BCUT2D eigenvalue weighted by atomic mass is 9.96. The van der Waals surface area contributed by atoms with Crippen LogP contribution in [0.25, 0.3) is 0 Å². The first-order valence-electron chi connectivity index (χ1n) is 4.81. The van der Waals surface area contributed by atoms with Gasteiger partial charge in [0.05, 0.1) is 0 Å². The highest BCUT2D eigenvalue weighted by Crippen LogP contribution is 2.55. The molecule has 0 aromatic rings. The number of hydrogen-bond acceptors (Lipinski definition) is 0. The standard InChI is InChI=1S/C10H18/c1-9-3-2-5-10(6-4-9)7-8-10/h9H,2-8H2,1H3. The molecular weight excluding hydrogens is 120 g/mol. The minimum Gasteiger partial charge on any atom is -0.0625 e. The molecule has 0 nitrogen and oxygen atoms in total. The average Bonchev–Trinajstić information content (AvgIpc) is 2.67. The predicted molar refractivity (Wildman–Crippen MR) is 43.9 cm³/mol. The van der Waals surface area contributed by atoms with E-state index in [1.54, 1.807) is 25.7 Å². The van der Waals surface area contributed by atoms with Crippen molar-refractivity contribution in [1.82, 2.24) is 0 Å². The molecule has 0 saturated heterocycles. The van der Waals surface area contributed by atoms with Crippen LogP contribution in [0, 0.1) is 11.3 Å². The lowest BCUT2D eigenvalue weighted by molar-refractivity contribution is 0.427. The number of rotatable bonds is 0. The molecule has 58 valence electrons. The maximum absolute atomic E-state index is 2.42. The van der Waals surface area contributed by atoms with Crippen LogP contribution in [-0.2, 0) is 0 Å². The summed E-state index contributed by atoms with van der Waals surface area (Å²) in [5, 5.41) is 0. The molecule has 2 aliphatic rings. The van der Waals surface area contributed by atoms with Crippen LogP contribution in [0.15, 0.2) is 0 Å². The zero-order chi connectivity index (χ0) is 7.03. The first-order valence-corrected chi connectivity index (χ1v) is 4.81. The Balaban J connectivity index is 1.92. The van der Waals surface area contributed by atoms with Gasteiger partial charge in [0.15, 0.2) is 0 Å². The van der Waals surface area contributed by atoms with Gasteiger partial charge in [0, 0.05) is 0 Å². The van der Waals surface area contributed by atoms with Gasteiger partial charge < -0.3 is 0 Å². The molecule has 0 bridgehead atoms. The third kappa shape index (κ3) is 1.21. The Kier molecular flexibility index (Phi) is 1.51. The summed E-state index contributed by atoms with van der Waals surface area (Å²) >= 11 is 0. The van der Waals surface area contributed by atoms with E-state index in [4.69, 9.17) is 0 Å². The summed E-state index contributed by atoms with van der Waals surface area (Å²) in [6.07, 6.45) is 10.7. The molecule has 2 aliphatic carbocycles. The molecular formula is C10H18. The van der Waals surface area contributed by atoms with Gasteiger partial charge in [-0.15, -0.1) is 0 Å². The van der Waals surface area contributed by atoms with Gasteiger partial charge in [-0.3, -0.25) is 0 Å². The average molecular weight is 138 g/mol. The molecule has 1 atom stereocenters. The van der Waals surface area contributed by atoms with E-state index in [1.807, 2.05) is 0 Å². The van der Waals surface area contributed by atoms with Crippen LogP contribution in [0.5, 0.6) is 0 Å². The molecule has 1 spiro atoms. The van der Waals surface area contributed by atoms with Crippen LogP contribution in [0.2, 0.25) is 0 Å². The largest absolute Gasteiger partial charge is 0.0625 e. The molecule has 2 fully saturated rings. The highest BCUT2D eigenvalue weighted by Gasteiger charge is 2.42. The summed E-state index contributed by atoms with van der Waals surface area (Å²) in [7, 11) is 0. The lowest BCUT2D eigenvalue weighted by Gasteiger charge is -2.09. The third-order valence-corrected chi connectivity index (χ3v) is 3.53. The van der Waals surface area contributed by atoms with Gasteiger partial charge in [-0.25, -0.2) is 0 Å². The Bertz CT molecular complexity index is 122. The molecule has 0 aliphatic heterocycles. The van der Waals surface area contributed by atoms with Gasteiger partial charge in [-0.2, -0.15) is 0 Å². The van der Waals surface area contributed by atoms with Crippen molar-refractivity contribution < 1.29 is 0 Å². The van der Waals surface area contributed by atoms with E-state index in [9.17, 15) is 0 Å². The van der Waals surface area contributed by atoms with Crippen LogP contribution in [-0.4, -0.2) is 0 Å². The maximum atomic E-state index is 2.42. The van der Waals surface area contributed by atoms with E-state index in [0.29, 0.717) is 0 Å². The topological polar surface area (TPSA) is 0 Å². The highest BCUT2D eigenvalue weighted by molar-refractivity contribution is 4.94. The minimum atomic E-state index is 0.894. The van der Waals surface area contributed by atoms with Gasteiger partial charge in [0.1, 0.15) is 0 Å². The molecule has 0 heteroatoms. The van der Waals surface area contributed by atoms with E-state index < -0.39 is 0 Å². The van der Waals surface area contributed by atoms with Crippen molar-refractivity contribution in [2.45, 2.75) is 51.9 Å². The lowest BCUT2D eigenvalue weighted by Crippen LogP contribution is -1.96. The summed E-state index contributed by atoms with van der Waals surface area (Å²) in [6.45, 7) is 2.42. The Morgan fingerprint density at radius 1 is 1.00 bits per heavy atom. The Morgan fingerprint density at radius 2 is 1.80 bits per heavy atom. The fraction of sp³-hybridized carbons (Fsp3) is 1.00. The fourth-order valence-electron chi connectivity index (χ4n) is 2.32. The molecule has 0 heterocycles. The zero-order valence-electron chi connectivity index (χ0n) is 7.03. The van der Waals surface area contributed by atoms with Crippen molar-refractivity contribution in [3.8, 4) is 0 Å². The first kappa shape index (κ1) is 6.69. The Morgan fingerprint density at radius 3 is 2.50 bits per heavy atom. The summed E-state index contributed by atoms with van der Waals surface area (Å²) in [5.74, 6) is 1.03. The van der Waals surface area contributed by atoms with Crippen molar-refractivity contribution in [2.75, 3.05) is 0 Å². The Hall–Kier alpha value is 0. The minimum absolute atomic E-state index is 0.894. The van der Waals surface area contributed by atoms with E-state index in [2.05, 4.69) is 6.92 Å². The second-order valence-corrected chi connectivity index (χ2v) is 4.54. The van der Waals surface area contributed by atoms with Crippen molar-refractivity contribution in [1.29, 1.82) is 0 Å². The first-order chi connectivity index (χ1) is 4.81. The van der Waals surface area contributed by atoms with Crippen molar-refractivity contribution >= 4 is 0 Å². The van der Waals surface area contributed by atoms with Crippen LogP contribution in [0.4, 0.5) is 0 Å². The molecule has 0 N–H and O–H groups in total.